The predicted octanol–water partition coefficient (Wildman–Crippen LogP) is 5.44. The predicted molar refractivity (Wildman–Crippen MR) is 154 cm³/mol. The molecule has 43 heavy (non-hydrogen) atoms. The van der Waals surface area contributed by atoms with Crippen molar-refractivity contribution < 1.29 is 37.4 Å². The van der Waals surface area contributed by atoms with Crippen molar-refractivity contribution in [3.8, 4) is 28.1 Å². The topological polar surface area (TPSA) is 125 Å². The number of nitrogens with one attached hydrogen (secondary N) is 2. The number of imidazole rings is 1. The number of hydrogen-bond acceptors (Lipinski definition) is 5. The maximum Gasteiger partial charge on any atom is 0.405 e. The SMILES string of the molecule is CC(=O)N1CCC(Oc2cccc(-c3ccn4c(-c5cccc(NC(=O)NCC(F)(F)F)c5)cnc4c3)c2)CC1.O=CO. The highest BCUT2D eigenvalue weighted by atomic mass is 19.4. The zero-order chi connectivity index (χ0) is 31.0. The number of anilines is 1. The number of halogens is 3. The number of likely N-dealkylation sites (tertiary alicyclic amines) is 1. The minimum Gasteiger partial charge on any atom is -0.490 e. The maximum absolute atomic E-state index is 12.4. The summed E-state index contributed by atoms with van der Waals surface area (Å²) in [6, 6.07) is 17.7. The van der Waals surface area contributed by atoms with Crippen LogP contribution in [0.1, 0.15) is 19.8 Å². The zero-order valence-electron chi connectivity index (χ0n) is 23.2. The number of fused-ring (bicyclic) bond motifs is 1. The van der Waals surface area contributed by atoms with Crippen LogP contribution in [0.2, 0.25) is 0 Å². The molecular weight excluding hydrogens is 567 g/mol. The molecule has 226 valence electrons. The molecule has 13 heteroatoms. The first-order chi connectivity index (χ1) is 20.6. The van der Waals surface area contributed by atoms with Gasteiger partial charge in [0.1, 0.15) is 24.0 Å². The molecule has 0 radical (unpaired) electrons. The highest BCUT2D eigenvalue weighted by molar-refractivity contribution is 5.90. The van der Waals surface area contributed by atoms with Crippen molar-refractivity contribution in [1.29, 1.82) is 0 Å². The Morgan fingerprint density at radius 2 is 1.72 bits per heavy atom. The Balaban J connectivity index is 0.00000135. The Kier molecular flexibility index (Phi) is 9.86. The van der Waals surface area contributed by atoms with E-state index in [9.17, 15) is 22.8 Å². The van der Waals surface area contributed by atoms with Crippen molar-refractivity contribution >= 4 is 29.7 Å². The van der Waals surface area contributed by atoms with E-state index in [-0.39, 0.29) is 18.5 Å². The van der Waals surface area contributed by atoms with Gasteiger partial charge in [0.25, 0.3) is 6.47 Å². The third kappa shape index (κ3) is 8.47. The molecule has 1 fully saturated rings. The Morgan fingerprint density at radius 1 is 1.05 bits per heavy atom. The van der Waals surface area contributed by atoms with E-state index in [0.717, 1.165) is 41.0 Å². The lowest BCUT2D eigenvalue weighted by atomic mass is 10.1. The van der Waals surface area contributed by atoms with Gasteiger partial charge in [-0.1, -0.05) is 24.3 Å². The van der Waals surface area contributed by atoms with Gasteiger partial charge >= 0.3 is 12.2 Å². The summed E-state index contributed by atoms with van der Waals surface area (Å²) in [5, 5.41) is 11.1. The minimum absolute atomic E-state index is 0.0594. The monoisotopic (exact) mass is 597 g/mol. The summed E-state index contributed by atoms with van der Waals surface area (Å²) in [6.07, 6.45) is 0.758. The molecule has 1 saturated heterocycles. The molecule has 0 spiro atoms. The smallest absolute Gasteiger partial charge is 0.405 e. The fraction of sp³-hybridized carbons (Fsp3) is 0.267. The number of rotatable bonds is 6. The normalized spacial score (nSPS) is 13.5. The molecule has 3 N–H and O–H groups in total. The van der Waals surface area contributed by atoms with Crippen molar-refractivity contribution in [1.82, 2.24) is 19.6 Å². The maximum atomic E-state index is 12.4. The Morgan fingerprint density at radius 3 is 2.42 bits per heavy atom. The van der Waals surface area contributed by atoms with Gasteiger partial charge in [-0.3, -0.25) is 14.0 Å². The van der Waals surface area contributed by atoms with Crippen molar-refractivity contribution in [2.75, 3.05) is 25.0 Å². The van der Waals surface area contributed by atoms with Crippen LogP contribution in [0, 0.1) is 0 Å². The van der Waals surface area contributed by atoms with Crippen molar-refractivity contribution in [3.05, 3.63) is 73.1 Å². The van der Waals surface area contributed by atoms with Gasteiger partial charge in [0.15, 0.2) is 0 Å². The number of hydrogen-bond donors (Lipinski definition) is 3. The molecule has 1 aliphatic heterocycles. The number of aromatic nitrogens is 2. The lowest BCUT2D eigenvalue weighted by molar-refractivity contribution is -0.130. The van der Waals surface area contributed by atoms with Crippen LogP contribution < -0.4 is 15.4 Å². The molecule has 0 saturated carbocycles. The lowest BCUT2D eigenvalue weighted by Gasteiger charge is -2.31. The van der Waals surface area contributed by atoms with Crippen LogP contribution in [0.5, 0.6) is 5.75 Å². The number of alkyl halides is 3. The van der Waals surface area contributed by atoms with Gasteiger partial charge in [0.2, 0.25) is 5.91 Å². The molecule has 0 atom stereocenters. The number of urea groups is 1. The Hall–Kier alpha value is -5.07. The van der Waals surface area contributed by atoms with E-state index in [1.165, 1.54) is 0 Å². The number of piperidine rings is 1. The van der Waals surface area contributed by atoms with Crippen LogP contribution in [0.15, 0.2) is 73.1 Å². The van der Waals surface area contributed by atoms with Crippen LogP contribution >= 0.6 is 0 Å². The second-order valence-corrected chi connectivity index (χ2v) is 9.75. The molecule has 2 aromatic carbocycles. The van der Waals surface area contributed by atoms with E-state index in [0.29, 0.717) is 24.4 Å². The van der Waals surface area contributed by atoms with Gasteiger partial charge in [-0.2, -0.15) is 13.2 Å². The number of carboxylic acid groups (broad SMARTS) is 1. The number of ether oxygens (including phenoxy) is 1. The molecule has 3 heterocycles. The Labute approximate surface area is 245 Å². The van der Waals surface area contributed by atoms with E-state index in [2.05, 4.69) is 10.3 Å². The highest BCUT2D eigenvalue weighted by Crippen LogP contribution is 2.29. The molecule has 3 amide bonds. The minimum atomic E-state index is -4.49. The first-order valence-corrected chi connectivity index (χ1v) is 13.4. The van der Waals surface area contributed by atoms with Gasteiger partial charge in [-0.05, 0) is 47.5 Å². The van der Waals surface area contributed by atoms with E-state index >= 15 is 0 Å². The van der Waals surface area contributed by atoms with Crippen LogP contribution in [-0.4, -0.2) is 69.7 Å². The van der Waals surface area contributed by atoms with Crippen LogP contribution in [0.3, 0.4) is 0 Å². The average Bonchev–Trinajstić information content (AvgIpc) is 3.40. The van der Waals surface area contributed by atoms with Crippen molar-refractivity contribution in [3.63, 3.8) is 0 Å². The van der Waals surface area contributed by atoms with Crippen molar-refractivity contribution in [2.45, 2.75) is 32.0 Å². The van der Waals surface area contributed by atoms with Crippen LogP contribution in [0.4, 0.5) is 23.7 Å². The summed E-state index contributed by atoms with van der Waals surface area (Å²) in [5.41, 5.74) is 4.49. The van der Waals surface area contributed by atoms with Crippen LogP contribution in [-0.2, 0) is 9.59 Å². The van der Waals surface area contributed by atoms with Gasteiger partial charge in [0.05, 0.1) is 11.9 Å². The van der Waals surface area contributed by atoms with E-state index < -0.39 is 18.8 Å². The first kappa shape index (κ1) is 30.9. The van der Waals surface area contributed by atoms with Gasteiger partial charge in [0, 0.05) is 50.3 Å². The largest absolute Gasteiger partial charge is 0.490 e. The van der Waals surface area contributed by atoms with E-state index in [1.807, 2.05) is 58.0 Å². The Bertz CT molecular complexity index is 1580. The van der Waals surface area contributed by atoms with Gasteiger partial charge in [-0.25, -0.2) is 9.78 Å². The summed E-state index contributed by atoms with van der Waals surface area (Å²) >= 11 is 0. The first-order valence-electron chi connectivity index (χ1n) is 13.4. The van der Waals surface area contributed by atoms with Gasteiger partial charge < -0.3 is 25.4 Å². The summed E-state index contributed by atoms with van der Waals surface area (Å²) in [5.74, 6) is 0.862. The third-order valence-corrected chi connectivity index (χ3v) is 6.74. The molecule has 1 aliphatic rings. The quantitative estimate of drug-likeness (QED) is 0.254. The molecule has 4 aromatic rings. The number of carbonyl (C=O) groups is 3. The standard InChI is InChI=1S/C29H28F3N5O3.CH2O2/c1-19(38)36-11-9-24(10-12-36)40-25-7-3-4-20(15-25)21-8-13-37-26(17-33-27(37)16-21)22-5-2-6-23(14-22)35-28(39)34-18-29(30,31)32;2-1-3/h2-8,13-17,24H,9-12,18H2,1H3,(H2,34,35,39);1H,(H,2,3). The molecule has 0 aliphatic carbocycles. The number of nitrogens with zero attached hydrogens (tertiary/aromatic N) is 3. The fourth-order valence-corrected chi connectivity index (χ4v) is 4.72. The van der Waals surface area contributed by atoms with Gasteiger partial charge in [-0.15, -0.1) is 0 Å². The number of carbonyl (C=O) groups excluding carboxylic acids is 2. The molecule has 5 rings (SSSR count). The average molecular weight is 598 g/mol. The molecular formula is C30H30F3N5O5. The third-order valence-electron chi connectivity index (χ3n) is 6.74. The summed E-state index contributed by atoms with van der Waals surface area (Å²) < 4.78 is 45.2. The lowest BCUT2D eigenvalue weighted by Crippen LogP contribution is -2.40. The number of pyridine rings is 1. The second kappa shape index (κ2) is 13.7. The summed E-state index contributed by atoms with van der Waals surface area (Å²) in [6.45, 7) is 1.32. The van der Waals surface area contributed by atoms with E-state index in [4.69, 9.17) is 14.6 Å². The van der Waals surface area contributed by atoms with Crippen molar-refractivity contribution in [2.24, 2.45) is 0 Å². The number of benzene rings is 2. The van der Waals surface area contributed by atoms with E-state index in [1.54, 1.807) is 36.6 Å². The molecule has 2 aromatic heterocycles. The molecule has 0 unspecified atom stereocenters. The summed E-state index contributed by atoms with van der Waals surface area (Å²) in [7, 11) is 0. The number of amides is 3. The molecule has 10 nitrogen and oxygen atoms in total. The van der Waals surface area contributed by atoms with Crippen LogP contribution in [0.25, 0.3) is 28.0 Å². The zero-order valence-corrected chi connectivity index (χ0v) is 23.2. The summed E-state index contributed by atoms with van der Waals surface area (Å²) in [4.78, 5) is 38.2. The second-order valence-electron chi connectivity index (χ2n) is 9.75. The molecule has 0 bridgehead atoms. The highest BCUT2D eigenvalue weighted by Gasteiger charge is 2.27. The fourth-order valence-electron chi connectivity index (χ4n) is 4.72.